The fraction of sp³-hybridized carbons (Fsp3) is 0.286. The van der Waals surface area contributed by atoms with E-state index in [1.54, 1.807) is 24.3 Å². The highest BCUT2D eigenvalue weighted by molar-refractivity contribution is 7.99. The SMILES string of the molecule is O=C(CSCCCCN1C(=O)c2ccccc2C1=O)Nc1ccccc1C(F)(F)F. The van der Waals surface area contributed by atoms with Crippen molar-refractivity contribution in [2.45, 2.75) is 19.0 Å². The quantitative estimate of drug-likeness (QED) is 0.490. The van der Waals surface area contributed by atoms with E-state index in [0.717, 1.165) is 6.07 Å². The van der Waals surface area contributed by atoms with Crippen LogP contribution in [0, 0.1) is 0 Å². The minimum atomic E-state index is -4.54. The van der Waals surface area contributed by atoms with Crippen molar-refractivity contribution in [3.8, 4) is 0 Å². The number of nitrogens with zero attached hydrogens (tertiary/aromatic N) is 1. The maximum absolute atomic E-state index is 13.0. The Morgan fingerprint density at radius 3 is 2.17 bits per heavy atom. The van der Waals surface area contributed by atoms with Gasteiger partial charge >= 0.3 is 6.18 Å². The number of carbonyl (C=O) groups is 3. The number of alkyl halides is 3. The topological polar surface area (TPSA) is 66.5 Å². The lowest BCUT2D eigenvalue weighted by atomic mass is 10.1. The van der Waals surface area contributed by atoms with Crippen molar-refractivity contribution in [1.82, 2.24) is 4.90 Å². The predicted molar refractivity (Wildman–Crippen MR) is 108 cm³/mol. The van der Waals surface area contributed by atoms with Crippen LogP contribution in [0.3, 0.4) is 0 Å². The fourth-order valence-electron chi connectivity index (χ4n) is 3.11. The molecule has 2 aromatic carbocycles. The molecule has 5 nitrogen and oxygen atoms in total. The lowest BCUT2D eigenvalue weighted by Gasteiger charge is -2.14. The van der Waals surface area contributed by atoms with Crippen LogP contribution in [0.5, 0.6) is 0 Å². The van der Waals surface area contributed by atoms with Crippen LogP contribution in [0.2, 0.25) is 0 Å². The highest BCUT2D eigenvalue weighted by Crippen LogP contribution is 2.34. The molecule has 0 fully saturated rings. The van der Waals surface area contributed by atoms with Crippen LogP contribution in [0.15, 0.2) is 48.5 Å². The third-order valence-corrected chi connectivity index (χ3v) is 5.58. The molecule has 1 aliphatic heterocycles. The number of halogens is 3. The summed E-state index contributed by atoms with van der Waals surface area (Å²) in [6.07, 6.45) is -3.30. The number of para-hydroxylation sites is 1. The molecule has 3 amide bonds. The monoisotopic (exact) mass is 436 g/mol. The Bertz CT molecular complexity index is 928. The Labute approximate surface area is 175 Å². The summed E-state index contributed by atoms with van der Waals surface area (Å²) in [5.74, 6) is -0.523. The van der Waals surface area contributed by atoms with Gasteiger partial charge in [0.15, 0.2) is 0 Å². The van der Waals surface area contributed by atoms with Gasteiger partial charge in [-0.3, -0.25) is 19.3 Å². The van der Waals surface area contributed by atoms with Gasteiger partial charge in [-0.1, -0.05) is 24.3 Å². The van der Waals surface area contributed by atoms with Crippen molar-refractivity contribution in [2.75, 3.05) is 23.4 Å². The minimum absolute atomic E-state index is 0.0131. The van der Waals surface area contributed by atoms with Gasteiger partial charge in [0.25, 0.3) is 11.8 Å². The van der Waals surface area contributed by atoms with Gasteiger partial charge < -0.3 is 5.32 Å². The molecule has 0 bridgehead atoms. The number of hydrogen-bond donors (Lipinski definition) is 1. The molecule has 0 unspecified atom stereocenters. The number of rotatable bonds is 8. The van der Waals surface area contributed by atoms with Crippen LogP contribution in [0.1, 0.15) is 39.1 Å². The summed E-state index contributed by atoms with van der Waals surface area (Å²) in [6.45, 7) is 0.290. The summed E-state index contributed by atoms with van der Waals surface area (Å²) in [6, 6.07) is 11.5. The summed E-state index contributed by atoms with van der Waals surface area (Å²) in [5.41, 5.74) is -0.328. The number of benzene rings is 2. The van der Waals surface area contributed by atoms with Crippen molar-refractivity contribution in [3.63, 3.8) is 0 Å². The molecule has 0 aliphatic carbocycles. The van der Waals surface area contributed by atoms with Crippen molar-refractivity contribution >= 4 is 35.2 Å². The van der Waals surface area contributed by atoms with Gasteiger partial charge in [-0.2, -0.15) is 24.9 Å². The second kappa shape index (κ2) is 9.34. The zero-order valence-corrected chi connectivity index (χ0v) is 16.7. The van der Waals surface area contributed by atoms with E-state index >= 15 is 0 Å². The number of fused-ring (bicyclic) bond motifs is 1. The molecule has 1 N–H and O–H groups in total. The Morgan fingerprint density at radius 1 is 0.933 bits per heavy atom. The second-order valence-corrected chi connectivity index (χ2v) is 7.76. The Balaban J connectivity index is 1.38. The van der Waals surface area contributed by atoms with Gasteiger partial charge in [-0.25, -0.2) is 0 Å². The van der Waals surface area contributed by atoms with Gasteiger partial charge in [0.2, 0.25) is 5.91 Å². The third kappa shape index (κ3) is 5.02. The van der Waals surface area contributed by atoms with Crippen LogP contribution in [0.4, 0.5) is 18.9 Å². The third-order valence-electron chi connectivity index (χ3n) is 4.54. The molecule has 0 saturated carbocycles. The molecule has 0 aromatic heterocycles. The number of imide groups is 1. The second-order valence-electron chi connectivity index (χ2n) is 6.66. The number of carbonyl (C=O) groups excluding carboxylic acids is 3. The highest BCUT2D eigenvalue weighted by atomic mass is 32.2. The number of anilines is 1. The summed E-state index contributed by atoms with van der Waals surface area (Å²) in [5, 5.41) is 2.30. The first kappa shape index (κ1) is 21.9. The Kier molecular flexibility index (Phi) is 6.81. The van der Waals surface area contributed by atoms with E-state index in [4.69, 9.17) is 0 Å². The molecule has 0 spiro atoms. The lowest BCUT2D eigenvalue weighted by Crippen LogP contribution is -2.30. The molecule has 3 rings (SSSR count). The van der Waals surface area contributed by atoms with Crippen molar-refractivity contribution < 1.29 is 27.6 Å². The highest BCUT2D eigenvalue weighted by Gasteiger charge is 2.35. The summed E-state index contributed by atoms with van der Waals surface area (Å²) in [7, 11) is 0. The largest absolute Gasteiger partial charge is 0.418 e. The molecule has 1 aliphatic rings. The van der Waals surface area contributed by atoms with E-state index in [1.165, 1.54) is 34.9 Å². The van der Waals surface area contributed by atoms with E-state index in [1.807, 2.05) is 0 Å². The molecular weight excluding hydrogens is 417 g/mol. The average molecular weight is 436 g/mol. The first-order valence-electron chi connectivity index (χ1n) is 9.28. The molecular formula is C21H19F3N2O3S. The van der Waals surface area contributed by atoms with Gasteiger partial charge in [-0.05, 0) is 42.9 Å². The van der Waals surface area contributed by atoms with E-state index in [2.05, 4.69) is 5.32 Å². The number of thioether (sulfide) groups is 1. The van der Waals surface area contributed by atoms with E-state index < -0.39 is 17.6 Å². The zero-order chi connectivity index (χ0) is 21.7. The predicted octanol–water partition coefficient (Wildman–Crippen LogP) is 4.45. The van der Waals surface area contributed by atoms with Crippen LogP contribution in [0.25, 0.3) is 0 Å². The molecule has 0 saturated heterocycles. The number of unbranched alkanes of at least 4 members (excludes halogenated alkanes) is 1. The van der Waals surface area contributed by atoms with Gasteiger partial charge in [0.05, 0.1) is 28.1 Å². The van der Waals surface area contributed by atoms with Crippen LogP contribution in [-0.2, 0) is 11.0 Å². The molecule has 0 atom stereocenters. The van der Waals surface area contributed by atoms with Crippen LogP contribution in [-0.4, -0.2) is 40.7 Å². The lowest BCUT2D eigenvalue weighted by molar-refractivity contribution is -0.137. The first-order valence-corrected chi connectivity index (χ1v) is 10.4. The van der Waals surface area contributed by atoms with Crippen molar-refractivity contribution in [2.24, 2.45) is 0 Å². The maximum Gasteiger partial charge on any atom is 0.418 e. The van der Waals surface area contributed by atoms with Gasteiger partial charge in [-0.15, -0.1) is 0 Å². The summed E-state index contributed by atoms with van der Waals surface area (Å²) >= 11 is 1.28. The fourth-order valence-corrected chi connectivity index (χ4v) is 3.92. The normalized spacial score (nSPS) is 13.5. The standard InChI is InChI=1S/C21H19F3N2O3S/c22-21(23,24)16-9-3-4-10-17(16)25-18(27)13-30-12-6-5-11-26-19(28)14-7-1-2-8-15(14)20(26)29/h1-4,7-10H,5-6,11-13H2,(H,25,27). The number of nitrogens with one attached hydrogen (secondary N) is 1. The molecule has 30 heavy (non-hydrogen) atoms. The maximum atomic E-state index is 13.0. The Hall–Kier alpha value is -2.81. The first-order chi connectivity index (χ1) is 14.3. The van der Waals surface area contributed by atoms with E-state index in [-0.39, 0.29) is 29.8 Å². The van der Waals surface area contributed by atoms with Gasteiger partial charge in [0.1, 0.15) is 0 Å². The van der Waals surface area contributed by atoms with Crippen LogP contribution < -0.4 is 5.32 Å². The van der Waals surface area contributed by atoms with E-state index in [9.17, 15) is 27.6 Å². The zero-order valence-electron chi connectivity index (χ0n) is 15.9. The molecule has 0 radical (unpaired) electrons. The summed E-state index contributed by atoms with van der Waals surface area (Å²) in [4.78, 5) is 37.7. The smallest absolute Gasteiger partial charge is 0.325 e. The van der Waals surface area contributed by atoms with Gasteiger partial charge in [0, 0.05) is 6.54 Å². The number of hydrogen-bond acceptors (Lipinski definition) is 4. The Morgan fingerprint density at radius 2 is 1.53 bits per heavy atom. The molecule has 1 heterocycles. The van der Waals surface area contributed by atoms with Crippen molar-refractivity contribution in [1.29, 1.82) is 0 Å². The van der Waals surface area contributed by atoms with Crippen LogP contribution >= 0.6 is 11.8 Å². The molecule has 2 aromatic rings. The van der Waals surface area contributed by atoms with E-state index in [0.29, 0.717) is 29.7 Å². The molecule has 158 valence electrons. The van der Waals surface area contributed by atoms with Crippen molar-refractivity contribution in [3.05, 3.63) is 65.2 Å². The number of amides is 3. The summed E-state index contributed by atoms with van der Waals surface area (Å²) < 4.78 is 38.9. The molecule has 9 heteroatoms. The average Bonchev–Trinajstić information content (AvgIpc) is 2.95. The minimum Gasteiger partial charge on any atom is -0.325 e.